The lowest BCUT2D eigenvalue weighted by Gasteiger charge is -2.30. The first-order chi connectivity index (χ1) is 13.8. The standard InChI is InChI=1S/C21H20ClNO6/c1-2-15(19(26)27)23-16-4-3-12(22)8-13(16)21(10-24,20(23)28)14-7-11-5-6-29-18(11)9-17(14)25/h3-4,7-9,15,24-25H,2,5-6,10H2,1H3,(H,26,27). The molecule has 8 heteroatoms. The molecule has 0 aromatic heterocycles. The molecule has 2 aliphatic heterocycles. The molecule has 2 aromatic rings. The summed E-state index contributed by atoms with van der Waals surface area (Å²) in [6, 6.07) is 6.66. The Morgan fingerprint density at radius 1 is 1.31 bits per heavy atom. The quantitative estimate of drug-likeness (QED) is 0.689. The van der Waals surface area contributed by atoms with Crippen LogP contribution < -0.4 is 9.64 Å². The molecular weight excluding hydrogens is 398 g/mol. The number of rotatable bonds is 5. The highest BCUT2D eigenvalue weighted by Crippen LogP contribution is 2.51. The average molecular weight is 418 g/mol. The first kappa shape index (κ1) is 19.5. The predicted molar refractivity (Wildman–Crippen MR) is 106 cm³/mol. The molecule has 29 heavy (non-hydrogen) atoms. The number of carbonyl (C=O) groups is 2. The maximum absolute atomic E-state index is 13.7. The molecule has 7 nitrogen and oxygen atoms in total. The Labute approximate surface area is 172 Å². The zero-order valence-electron chi connectivity index (χ0n) is 15.7. The Bertz CT molecular complexity index is 1020. The van der Waals surface area contributed by atoms with Gasteiger partial charge in [0.2, 0.25) is 5.91 Å². The number of aliphatic hydroxyl groups excluding tert-OH is 1. The molecule has 0 radical (unpaired) electrons. The second-order valence-electron chi connectivity index (χ2n) is 7.24. The van der Waals surface area contributed by atoms with Crippen LogP contribution in [0.5, 0.6) is 11.5 Å². The predicted octanol–water partition coefficient (Wildman–Crippen LogP) is 2.47. The minimum atomic E-state index is -1.66. The lowest BCUT2D eigenvalue weighted by molar-refractivity contribution is -0.140. The van der Waals surface area contributed by atoms with Crippen molar-refractivity contribution in [1.29, 1.82) is 0 Å². The Morgan fingerprint density at radius 2 is 2.07 bits per heavy atom. The molecule has 2 atom stereocenters. The third-order valence-corrected chi connectivity index (χ3v) is 5.99. The van der Waals surface area contributed by atoms with Gasteiger partial charge < -0.3 is 20.1 Å². The van der Waals surface area contributed by atoms with Gasteiger partial charge in [-0.15, -0.1) is 0 Å². The van der Waals surface area contributed by atoms with Gasteiger partial charge in [0.15, 0.2) is 0 Å². The number of anilines is 1. The number of ether oxygens (including phenoxy) is 1. The van der Waals surface area contributed by atoms with E-state index in [-0.39, 0.29) is 17.7 Å². The van der Waals surface area contributed by atoms with Crippen molar-refractivity contribution in [3.63, 3.8) is 0 Å². The van der Waals surface area contributed by atoms with E-state index in [1.54, 1.807) is 31.2 Å². The molecule has 0 fully saturated rings. The van der Waals surface area contributed by atoms with Crippen molar-refractivity contribution in [2.75, 3.05) is 18.1 Å². The van der Waals surface area contributed by atoms with Gasteiger partial charge in [-0.1, -0.05) is 18.5 Å². The molecule has 0 aliphatic carbocycles. The van der Waals surface area contributed by atoms with E-state index < -0.39 is 29.9 Å². The Kier molecular flexibility index (Phi) is 4.67. The van der Waals surface area contributed by atoms with Crippen LogP contribution in [0.15, 0.2) is 30.3 Å². The molecule has 2 heterocycles. The summed E-state index contributed by atoms with van der Waals surface area (Å²) in [5, 5.41) is 31.2. The summed E-state index contributed by atoms with van der Waals surface area (Å²) in [5.74, 6) is -1.43. The second-order valence-corrected chi connectivity index (χ2v) is 7.67. The van der Waals surface area contributed by atoms with E-state index >= 15 is 0 Å². The van der Waals surface area contributed by atoms with Crippen LogP contribution in [-0.4, -0.2) is 46.5 Å². The lowest BCUT2D eigenvalue weighted by atomic mass is 9.75. The highest BCUT2D eigenvalue weighted by molar-refractivity contribution is 6.31. The van der Waals surface area contributed by atoms with E-state index in [2.05, 4.69) is 0 Å². The summed E-state index contributed by atoms with van der Waals surface area (Å²) < 4.78 is 5.47. The van der Waals surface area contributed by atoms with Crippen molar-refractivity contribution in [3.8, 4) is 11.5 Å². The number of carboxylic acid groups (broad SMARTS) is 1. The van der Waals surface area contributed by atoms with Crippen LogP contribution in [0.25, 0.3) is 0 Å². The van der Waals surface area contributed by atoms with Crippen LogP contribution in [0.2, 0.25) is 5.02 Å². The number of aliphatic carboxylic acids is 1. The summed E-state index contributed by atoms with van der Waals surface area (Å²) in [5.41, 5.74) is 0.0848. The van der Waals surface area contributed by atoms with Crippen LogP contribution in [0.1, 0.15) is 30.0 Å². The Balaban J connectivity index is 2.00. The molecule has 2 aliphatic rings. The number of aromatic hydroxyl groups is 1. The number of carboxylic acids is 1. The molecule has 3 N–H and O–H groups in total. The van der Waals surface area contributed by atoms with Crippen molar-refractivity contribution in [2.24, 2.45) is 0 Å². The third kappa shape index (κ3) is 2.68. The summed E-state index contributed by atoms with van der Waals surface area (Å²) >= 11 is 6.19. The van der Waals surface area contributed by atoms with Crippen LogP contribution in [0, 0.1) is 0 Å². The van der Waals surface area contributed by atoms with Gasteiger partial charge in [0.25, 0.3) is 0 Å². The van der Waals surface area contributed by atoms with Gasteiger partial charge in [0.05, 0.1) is 13.2 Å². The molecule has 152 valence electrons. The highest BCUT2D eigenvalue weighted by Gasteiger charge is 2.55. The number of phenols is 1. The van der Waals surface area contributed by atoms with Crippen molar-refractivity contribution in [1.82, 2.24) is 0 Å². The van der Waals surface area contributed by atoms with E-state index in [0.29, 0.717) is 35.1 Å². The molecule has 2 unspecified atom stereocenters. The van der Waals surface area contributed by atoms with Crippen molar-refractivity contribution >= 4 is 29.2 Å². The normalized spacial score (nSPS) is 20.9. The van der Waals surface area contributed by atoms with E-state index in [1.165, 1.54) is 11.0 Å². The molecular formula is C21H20ClNO6. The number of benzene rings is 2. The first-order valence-corrected chi connectivity index (χ1v) is 9.69. The van der Waals surface area contributed by atoms with Gasteiger partial charge in [-0.2, -0.15) is 0 Å². The maximum Gasteiger partial charge on any atom is 0.326 e. The molecule has 0 bridgehead atoms. The number of amides is 1. The lowest BCUT2D eigenvalue weighted by Crippen LogP contribution is -2.50. The third-order valence-electron chi connectivity index (χ3n) is 5.75. The van der Waals surface area contributed by atoms with Gasteiger partial charge in [0, 0.05) is 28.8 Å². The smallest absolute Gasteiger partial charge is 0.326 e. The van der Waals surface area contributed by atoms with Gasteiger partial charge in [-0.3, -0.25) is 9.69 Å². The highest BCUT2D eigenvalue weighted by atomic mass is 35.5. The molecule has 0 spiro atoms. The fourth-order valence-electron chi connectivity index (χ4n) is 4.32. The average Bonchev–Trinajstić information content (AvgIpc) is 3.22. The van der Waals surface area contributed by atoms with Crippen LogP contribution in [0.3, 0.4) is 0 Å². The monoisotopic (exact) mass is 417 g/mol. The Morgan fingerprint density at radius 3 is 2.72 bits per heavy atom. The van der Waals surface area contributed by atoms with Gasteiger partial charge in [-0.05, 0) is 41.8 Å². The topological polar surface area (TPSA) is 107 Å². The summed E-state index contributed by atoms with van der Waals surface area (Å²) in [7, 11) is 0. The van der Waals surface area contributed by atoms with Gasteiger partial charge in [-0.25, -0.2) is 4.79 Å². The molecule has 4 rings (SSSR count). The summed E-state index contributed by atoms with van der Waals surface area (Å²) in [6.45, 7) is 1.48. The number of fused-ring (bicyclic) bond motifs is 2. The Hall–Kier alpha value is -2.77. The van der Waals surface area contributed by atoms with Crippen molar-refractivity contribution in [2.45, 2.75) is 31.2 Å². The number of hydrogen-bond acceptors (Lipinski definition) is 5. The largest absolute Gasteiger partial charge is 0.507 e. The maximum atomic E-state index is 13.7. The van der Waals surface area contributed by atoms with E-state index in [1.807, 2.05) is 0 Å². The van der Waals surface area contributed by atoms with E-state index in [4.69, 9.17) is 16.3 Å². The zero-order valence-corrected chi connectivity index (χ0v) is 16.4. The number of carbonyl (C=O) groups excluding carboxylic acids is 1. The molecule has 0 saturated carbocycles. The SMILES string of the molecule is CCC(C(=O)O)N1C(=O)C(CO)(c2cc3c(cc2O)OCC3)c2cc(Cl)ccc21. The summed E-state index contributed by atoms with van der Waals surface area (Å²) in [6.07, 6.45) is 0.784. The van der Waals surface area contributed by atoms with Gasteiger partial charge >= 0.3 is 5.97 Å². The zero-order chi connectivity index (χ0) is 20.9. The van der Waals surface area contributed by atoms with Crippen LogP contribution in [0.4, 0.5) is 5.69 Å². The van der Waals surface area contributed by atoms with E-state index in [0.717, 1.165) is 5.56 Å². The molecule has 1 amide bonds. The van der Waals surface area contributed by atoms with Crippen LogP contribution in [-0.2, 0) is 21.4 Å². The van der Waals surface area contributed by atoms with Crippen molar-refractivity contribution in [3.05, 3.63) is 52.0 Å². The minimum Gasteiger partial charge on any atom is -0.507 e. The van der Waals surface area contributed by atoms with Gasteiger partial charge in [0.1, 0.15) is 23.0 Å². The number of nitrogens with zero attached hydrogens (tertiary/aromatic N) is 1. The minimum absolute atomic E-state index is 0.175. The number of aliphatic hydroxyl groups is 1. The molecule has 0 saturated heterocycles. The van der Waals surface area contributed by atoms with E-state index in [9.17, 15) is 24.9 Å². The second kappa shape index (κ2) is 6.93. The van der Waals surface area contributed by atoms with Crippen LogP contribution >= 0.6 is 11.6 Å². The number of phenolic OH excluding ortho intramolecular Hbond substituents is 1. The fraction of sp³-hybridized carbons (Fsp3) is 0.333. The number of hydrogen-bond donors (Lipinski definition) is 3. The molecule has 2 aromatic carbocycles. The fourth-order valence-corrected chi connectivity index (χ4v) is 4.49. The van der Waals surface area contributed by atoms with Crippen molar-refractivity contribution < 1.29 is 29.6 Å². The summed E-state index contributed by atoms with van der Waals surface area (Å²) in [4.78, 5) is 26.7. The first-order valence-electron chi connectivity index (χ1n) is 9.31. The number of halogens is 1.